The van der Waals surface area contributed by atoms with E-state index in [0.717, 1.165) is 11.1 Å². The van der Waals surface area contributed by atoms with Crippen molar-refractivity contribution in [3.8, 4) is 11.4 Å². The van der Waals surface area contributed by atoms with Crippen LogP contribution >= 0.6 is 11.6 Å². The third-order valence-corrected chi connectivity index (χ3v) is 3.98. The number of carbonyl (C=O) groups excluding carboxylic acids is 1. The Morgan fingerprint density at radius 3 is 2.60 bits per heavy atom. The van der Waals surface area contributed by atoms with E-state index in [1.165, 1.54) is 0 Å². The number of carbonyl (C=O) groups is 1. The van der Waals surface area contributed by atoms with Crippen molar-refractivity contribution >= 4 is 17.5 Å². The number of primary amides is 1. The fourth-order valence-electron chi connectivity index (χ4n) is 2.53. The fraction of sp³-hybridized carbons (Fsp3) is 0.105. The van der Waals surface area contributed by atoms with E-state index in [9.17, 15) is 9.90 Å². The summed E-state index contributed by atoms with van der Waals surface area (Å²) in [5.41, 5.74) is 9.11. The molecule has 0 saturated carbocycles. The molecule has 0 unspecified atom stereocenters. The molecule has 25 heavy (non-hydrogen) atoms. The van der Waals surface area contributed by atoms with Crippen molar-refractivity contribution in [1.82, 2.24) is 9.97 Å². The van der Waals surface area contributed by atoms with Gasteiger partial charge in [-0.3, -0.25) is 9.78 Å². The molecule has 5 nitrogen and oxygen atoms in total. The van der Waals surface area contributed by atoms with Crippen molar-refractivity contribution in [3.05, 3.63) is 82.1 Å². The third kappa shape index (κ3) is 4.02. The van der Waals surface area contributed by atoms with E-state index >= 15 is 0 Å². The minimum atomic E-state index is -0.586. The van der Waals surface area contributed by atoms with Crippen molar-refractivity contribution in [2.24, 2.45) is 5.73 Å². The molecule has 2 aromatic heterocycles. The number of benzene rings is 1. The molecule has 0 aliphatic rings. The lowest BCUT2D eigenvalue weighted by molar-refractivity contribution is 0.100. The average molecular weight is 354 g/mol. The molecule has 0 aliphatic carbocycles. The van der Waals surface area contributed by atoms with Gasteiger partial charge in [0.2, 0.25) is 0 Å². The molecule has 3 aromatic rings. The Hall–Kier alpha value is -2.76. The first-order chi connectivity index (χ1) is 12.1. The summed E-state index contributed by atoms with van der Waals surface area (Å²) in [5.74, 6) is -0.586. The molecule has 0 spiro atoms. The van der Waals surface area contributed by atoms with Gasteiger partial charge in [-0.1, -0.05) is 29.8 Å². The Balaban J connectivity index is 1.91. The predicted octanol–water partition coefficient (Wildman–Crippen LogP) is 2.98. The van der Waals surface area contributed by atoms with E-state index in [-0.39, 0.29) is 12.2 Å². The summed E-state index contributed by atoms with van der Waals surface area (Å²) >= 11 is 6.00. The minimum Gasteiger partial charge on any atom is -0.390 e. The first kappa shape index (κ1) is 17.1. The maximum absolute atomic E-state index is 11.6. The second-order valence-electron chi connectivity index (χ2n) is 5.58. The van der Waals surface area contributed by atoms with Crippen LogP contribution in [0.15, 0.2) is 54.7 Å². The van der Waals surface area contributed by atoms with Gasteiger partial charge in [0, 0.05) is 11.2 Å². The molecule has 126 valence electrons. The summed E-state index contributed by atoms with van der Waals surface area (Å²) in [6.45, 7) is -0.223. The van der Waals surface area contributed by atoms with Crippen LogP contribution in [0.1, 0.15) is 27.2 Å². The van der Waals surface area contributed by atoms with Gasteiger partial charge in [0.25, 0.3) is 5.91 Å². The zero-order valence-electron chi connectivity index (χ0n) is 13.3. The SMILES string of the molecule is NC(=O)c1ccc(CO)nc1-c1ccc(Cc2cccc(Cl)c2)cn1. The molecule has 0 atom stereocenters. The van der Waals surface area contributed by atoms with Crippen LogP contribution in [-0.2, 0) is 13.0 Å². The molecule has 3 rings (SSSR count). The Bertz CT molecular complexity index is 911. The quantitative estimate of drug-likeness (QED) is 0.738. The van der Waals surface area contributed by atoms with Gasteiger partial charge in [0.05, 0.1) is 23.6 Å². The second-order valence-corrected chi connectivity index (χ2v) is 6.02. The molecule has 1 aromatic carbocycles. The summed E-state index contributed by atoms with van der Waals surface area (Å²) < 4.78 is 0. The lowest BCUT2D eigenvalue weighted by Gasteiger charge is -2.08. The summed E-state index contributed by atoms with van der Waals surface area (Å²) in [6.07, 6.45) is 2.43. The van der Waals surface area contributed by atoms with Gasteiger partial charge in [-0.05, 0) is 47.9 Å². The molecule has 1 amide bonds. The summed E-state index contributed by atoms with van der Waals surface area (Å²) in [4.78, 5) is 20.3. The number of aromatic nitrogens is 2. The molecule has 0 saturated heterocycles. The average Bonchev–Trinajstić information content (AvgIpc) is 2.62. The van der Waals surface area contributed by atoms with Crippen LogP contribution in [0.25, 0.3) is 11.4 Å². The smallest absolute Gasteiger partial charge is 0.250 e. The molecular weight excluding hydrogens is 338 g/mol. The summed E-state index contributed by atoms with van der Waals surface area (Å²) in [7, 11) is 0. The van der Waals surface area contributed by atoms with Gasteiger partial charge < -0.3 is 10.8 Å². The van der Waals surface area contributed by atoms with Crippen LogP contribution in [-0.4, -0.2) is 21.0 Å². The van der Waals surface area contributed by atoms with Gasteiger partial charge in [-0.2, -0.15) is 0 Å². The Morgan fingerprint density at radius 2 is 1.96 bits per heavy atom. The fourth-order valence-corrected chi connectivity index (χ4v) is 2.75. The van der Waals surface area contributed by atoms with Gasteiger partial charge in [0.1, 0.15) is 5.69 Å². The number of rotatable bonds is 5. The lowest BCUT2D eigenvalue weighted by atomic mass is 10.0. The molecule has 6 heteroatoms. The molecule has 2 heterocycles. The highest BCUT2D eigenvalue weighted by Crippen LogP contribution is 2.21. The Kier molecular flexibility index (Phi) is 5.07. The van der Waals surface area contributed by atoms with E-state index in [1.54, 1.807) is 24.4 Å². The first-order valence-corrected chi connectivity index (χ1v) is 8.05. The van der Waals surface area contributed by atoms with Crippen molar-refractivity contribution in [1.29, 1.82) is 0 Å². The summed E-state index contributed by atoms with van der Waals surface area (Å²) in [6, 6.07) is 14.5. The molecule has 0 aliphatic heterocycles. The standard InChI is InChI=1S/C19H16ClN3O2/c20-14-3-1-2-12(9-14)8-13-4-7-17(22-10-13)18-16(19(21)25)6-5-15(11-24)23-18/h1-7,9-10,24H,8,11H2,(H2,21,25). The monoisotopic (exact) mass is 353 g/mol. The molecular formula is C19H16ClN3O2. The molecule has 3 N–H and O–H groups in total. The van der Waals surface area contributed by atoms with E-state index in [0.29, 0.717) is 28.5 Å². The molecule has 0 fully saturated rings. The predicted molar refractivity (Wildman–Crippen MR) is 96.2 cm³/mol. The number of nitrogens with zero attached hydrogens (tertiary/aromatic N) is 2. The minimum absolute atomic E-state index is 0.223. The maximum atomic E-state index is 11.6. The van der Waals surface area contributed by atoms with Gasteiger partial charge >= 0.3 is 0 Å². The number of pyridine rings is 2. The van der Waals surface area contributed by atoms with E-state index in [4.69, 9.17) is 17.3 Å². The number of hydrogen-bond acceptors (Lipinski definition) is 4. The van der Waals surface area contributed by atoms with Crippen LogP contribution in [0, 0.1) is 0 Å². The van der Waals surface area contributed by atoms with Crippen LogP contribution in [0.2, 0.25) is 5.02 Å². The Labute approximate surface area is 150 Å². The third-order valence-electron chi connectivity index (χ3n) is 3.75. The van der Waals surface area contributed by atoms with E-state index in [1.807, 2.05) is 30.3 Å². The zero-order valence-corrected chi connectivity index (χ0v) is 14.1. The highest BCUT2D eigenvalue weighted by atomic mass is 35.5. The van der Waals surface area contributed by atoms with E-state index in [2.05, 4.69) is 9.97 Å². The van der Waals surface area contributed by atoms with Crippen molar-refractivity contribution in [2.75, 3.05) is 0 Å². The van der Waals surface area contributed by atoms with E-state index < -0.39 is 5.91 Å². The van der Waals surface area contributed by atoms with Gasteiger partial charge in [0.15, 0.2) is 0 Å². The van der Waals surface area contributed by atoms with Gasteiger partial charge in [-0.15, -0.1) is 0 Å². The van der Waals surface area contributed by atoms with Crippen molar-refractivity contribution < 1.29 is 9.90 Å². The van der Waals surface area contributed by atoms with Crippen LogP contribution in [0.5, 0.6) is 0 Å². The maximum Gasteiger partial charge on any atom is 0.250 e. The largest absolute Gasteiger partial charge is 0.390 e. The highest BCUT2D eigenvalue weighted by molar-refractivity contribution is 6.30. The number of hydrogen-bond donors (Lipinski definition) is 2. The van der Waals surface area contributed by atoms with Crippen LogP contribution in [0.3, 0.4) is 0 Å². The zero-order chi connectivity index (χ0) is 17.8. The number of amides is 1. The number of nitrogens with two attached hydrogens (primary N) is 1. The lowest BCUT2D eigenvalue weighted by Crippen LogP contribution is -2.14. The van der Waals surface area contributed by atoms with Gasteiger partial charge in [-0.25, -0.2) is 4.98 Å². The number of halogens is 1. The second kappa shape index (κ2) is 7.42. The molecule has 0 radical (unpaired) electrons. The normalized spacial score (nSPS) is 10.6. The topological polar surface area (TPSA) is 89.1 Å². The van der Waals surface area contributed by atoms with Crippen molar-refractivity contribution in [2.45, 2.75) is 13.0 Å². The first-order valence-electron chi connectivity index (χ1n) is 7.67. The van der Waals surface area contributed by atoms with Crippen LogP contribution in [0.4, 0.5) is 0 Å². The van der Waals surface area contributed by atoms with Crippen molar-refractivity contribution in [3.63, 3.8) is 0 Å². The van der Waals surface area contributed by atoms with Crippen LogP contribution < -0.4 is 5.73 Å². The number of aliphatic hydroxyl groups excluding tert-OH is 1. The molecule has 0 bridgehead atoms. The Morgan fingerprint density at radius 1 is 1.12 bits per heavy atom. The summed E-state index contributed by atoms with van der Waals surface area (Å²) in [5, 5.41) is 9.95. The number of aliphatic hydroxyl groups is 1. The highest BCUT2D eigenvalue weighted by Gasteiger charge is 2.14.